The third kappa shape index (κ3) is 3.62. The zero-order chi connectivity index (χ0) is 13.8. The minimum atomic E-state index is -0.0915. The van der Waals surface area contributed by atoms with Crippen LogP contribution in [-0.4, -0.2) is 29.9 Å². The molecule has 1 aromatic heterocycles. The van der Waals surface area contributed by atoms with Crippen molar-refractivity contribution in [2.24, 2.45) is 0 Å². The summed E-state index contributed by atoms with van der Waals surface area (Å²) < 4.78 is 0. The molecule has 2 aromatic rings. The van der Waals surface area contributed by atoms with Gasteiger partial charge in [0.15, 0.2) is 0 Å². The highest BCUT2D eigenvalue weighted by atomic mass is 32.1. The lowest BCUT2D eigenvalue weighted by Gasteiger charge is -2.05. The van der Waals surface area contributed by atoms with Crippen LogP contribution in [0.3, 0.4) is 0 Å². The van der Waals surface area contributed by atoms with E-state index in [0.29, 0.717) is 4.88 Å². The average Bonchev–Trinajstić information content (AvgIpc) is 2.70. The fourth-order valence-electron chi connectivity index (χ4n) is 1.71. The number of nitrogens with one attached hydrogen (secondary N) is 1. The van der Waals surface area contributed by atoms with Crippen molar-refractivity contribution < 1.29 is 4.79 Å². The molecule has 19 heavy (non-hydrogen) atoms. The van der Waals surface area contributed by atoms with Gasteiger partial charge in [-0.05, 0) is 33.2 Å². The maximum absolute atomic E-state index is 12.2. The highest BCUT2D eigenvalue weighted by molar-refractivity contribution is 7.13. The number of para-hydroxylation sites is 1. The van der Waals surface area contributed by atoms with Crippen LogP contribution in [0.15, 0.2) is 30.3 Å². The van der Waals surface area contributed by atoms with Crippen LogP contribution in [0.5, 0.6) is 0 Å². The normalized spacial score (nSPS) is 10.7. The molecule has 0 saturated carbocycles. The average molecular weight is 275 g/mol. The van der Waals surface area contributed by atoms with Crippen molar-refractivity contribution in [2.75, 3.05) is 19.4 Å². The molecule has 1 amide bonds. The van der Waals surface area contributed by atoms with Crippen molar-refractivity contribution >= 4 is 22.9 Å². The summed E-state index contributed by atoms with van der Waals surface area (Å²) >= 11 is 1.45. The third-order valence-corrected chi connectivity index (χ3v) is 3.67. The third-order valence-electron chi connectivity index (χ3n) is 2.53. The molecule has 0 aliphatic carbocycles. The van der Waals surface area contributed by atoms with Gasteiger partial charge in [0.25, 0.3) is 5.91 Å². The minimum Gasteiger partial charge on any atom is -0.321 e. The number of benzene rings is 1. The molecule has 1 heterocycles. The first-order chi connectivity index (χ1) is 9.06. The number of aromatic nitrogens is 1. The molecular formula is C14H17N3OS. The van der Waals surface area contributed by atoms with Crippen LogP contribution < -0.4 is 5.32 Å². The summed E-state index contributed by atoms with van der Waals surface area (Å²) in [7, 11) is 3.97. The van der Waals surface area contributed by atoms with E-state index in [9.17, 15) is 4.79 Å². The molecular weight excluding hydrogens is 258 g/mol. The largest absolute Gasteiger partial charge is 0.321 e. The molecule has 2 rings (SSSR count). The summed E-state index contributed by atoms with van der Waals surface area (Å²) in [5.74, 6) is -0.0915. The molecule has 100 valence electrons. The predicted molar refractivity (Wildman–Crippen MR) is 78.6 cm³/mol. The molecule has 1 aromatic carbocycles. The Balaban J connectivity index is 2.13. The van der Waals surface area contributed by atoms with Gasteiger partial charge in [0.05, 0.1) is 5.69 Å². The molecule has 0 aliphatic heterocycles. The van der Waals surface area contributed by atoms with Crippen LogP contribution in [-0.2, 0) is 6.54 Å². The minimum absolute atomic E-state index is 0.0915. The van der Waals surface area contributed by atoms with E-state index in [2.05, 4.69) is 10.3 Å². The molecule has 0 radical (unpaired) electrons. The first-order valence-corrected chi connectivity index (χ1v) is 6.85. The smallest absolute Gasteiger partial charge is 0.267 e. The van der Waals surface area contributed by atoms with Crippen LogP contribution >= 0.6 is 11.3 Å². The lowest BCUT2D eigenvalue weighted by Crippen LogP contribution is -2.11. The van der Waals surface area contributed by atoms with Gasteiger partial charge in [-0.15, -0.1) is 11.3 Å². The molecule has 0 unspecified atom stereocenters. The zero-order valence-electron chi connectivity index (χ0n) is 11.3. The fourth-order valence-corrected chi connectivity index (χ4v) is 2.79. The van der Waals surface area contributed by atoms with E-state index in [1.165, 1.54) is 11.3 Å². The van der Waals surface area contributed by atoms with E-state index in [1.54, 1.807) is 0 Å². The van der Waals surface area contributed by atoms with Gasteiger partial charge < -0.3 is 10.2 Å². The van der Waals surface area contributed by atoms with E-state index in [-0.39, 0.29) is 5.91 Å². The predicted octanol–water partition coefficient (Wildman–Crippen LogP) is 2.77. The van der Waals surface area contributed by atoms with Crippen LogP contribution in [0.4, 0.5) is 5.69 Å². The summed E-state index contributed by atoms with van der Waals surface area (Å²) in [5.41, 5.74) is 1.59. The van der Waals surface area contributed by atoms with Crippen LogP contribution in [0.1, 0.15) is 20.4 Å². The number of hydrogen-bond acceptors (Lipinski definition) is 4. The van der Waals surface area contributed by atoms with Gasteiger partial charge in [0.1, 0.15) is 9.88 Å². The van der Waals surface area contributed by atoms with Crippen molar-refractivity contribution in [1.29, 1.82) is 0 Å². The van der Waals surface area contributed by atoms with Crippen molar-refractivity contribution in [1.82, 2.24) is 9.88 Å². The van der Waals surface area contributed by atoms with E-state index < -0.39 is 0 Å². The molecule has 1 N–H and O–H groups in total. The van der Waals surface area contributed by atoms with Gasteiger partial charge >= 0.3 is 0 Å². The number of amides is 1. The van der Waals surface area contributed by atoms with Crippen molar-refractivity contribution in [3.8, 4) is 0 Å². The summed E-state index contributed by atoms with van der Waals surface area (Å²) in [6, 6.07) is 9.45. The number of nitrogens with zero attached hydrogens (tertiary/aromatic N) is 2. The molecule has 0 saturated heterocycles. The van der Waals surface area contributed by atoms with E-state index >= 15 is 0 Å². The Kier molecular flexibility index (Phi) is 4.29. The fraction of sp³-hybridized carbons (Fsp3) is 0.286. The quantitative estimate of drug-likeness (QED) is 0.933. The molecule has 0 bridgehead atoms. The van der Waals surface area contributed by atoms with Crippen LogP contribution in [0, 0.1) is 6.92 Å². The molecule has 4 nitrogen and oxygen atoms in total. The maximum atomic E-state index is 12.2. The number of thiazole rings is 1. The SMILES string of the molecule is Cc1nc(CN(C)C)sc1C(=O)Nc1ccccc1. The Morgan fingerprint density at radius 1 is 1.32 bits per heavy atom. The van der Waals surface area contributed by atoms with Crippen LogP contribution in [0.2, 0.25) is 0 Å². The standard InChI is InChI=1S/C14H17N3OS/c1-10-13(19-12(15-10)9-17(2)3)14(18)16-11-7-5-4-6-8-11/h4-8H,9H2,1-3H3,(H,16,18). The lowest BCUT2D eigenvalue weighted by molar-refractivity contribution is 0.103. The second-order valence-corrected chi connectivity index (χ2v) is 5.66. The number of rotatable bonds is 4. The first-order valence-electron chi connectivity index (χ1n) is 6.03. The number of carbonyl (C=O) groups is 1. The number of carbonyl (C=O) groups excluding carboxylic acids is 1. The summed E-state index contributed by atoms with van der Waals surface area (Å²) in [6.45, 7) is 2.62. The van der Waals surface area contributed by atoms with Gasteiger partial charge in [0, 0.05) is 12.2 Å². The Bertz CT molecular complexity index is 563. The van der Waals surface area contributed by atoms with E-state index in [0.717, 1.165) is 22.9 Å². The first kappa shape index (κ1) is 13.7. The summed E-state index contributed by atoms with van der Waals surface area (Å²) in [6.07, 6.45) is 0. The van der Waals surface area contributed by atoms with Crippen LogP contribution in [0.25, 0.3) is 0 Å². The highest BCUT2D eigenvalue weighted by Crippen LogP contribution is 2.20. The second kappa shape index (κ2) is 5.95. The molecule has 5 heteroatoms. The zero-order valence-corrected chi connectivity index (χ0v) is 12.1. The number of hydrogen-bond donors (Lipinski definition) is 1. The number of aryl methyl sites for hydroxylation is 1. The van der Waals surface area contributed by atoms with Gasteiger partial charge in [-0.3, -0.25) is 4.79 Å². The second-order valence-electron chi connectivity index (χ2n) is 4.58. The Hall–Kier alpha value is -1.72. The van der Waals surface area contributed by atoms with Gasteiger partial charge in [0.2, 0.25) is 0 Å². The Morgan fingerprint density at radius 3 is 2.63 bits per heavy atom. The molecule has 0 spiro atoms. The van der Waals surface area contributed by atoms with E-state index in [1.807, 2.05) is 56.3 Å². The maximum Gasteiger partial charge on any atom is 0.267 e. The topological polar surface area (TPSA) is 45.2 Å². The van der Waals surface area contributed by atoms with Gasteiger partial charge in [-0.2, -0.15) is 0 Å². The van der Waals surface area contributed by atoms with Crippen molar-refractivity contribution in [3.63, 3.8) is 0 Å². The van der Waals surface area contributed by atoms with Crippen molar-refractivity contribution in [3.05, 3.63) is 45.9 Å². The van der Waals surface area contributed by atoms with Gasteiger partial charge in [-0.1, -0.05) is 18.2 Å². The van der Waals surface area contributed by atoms with Gasteiger partial charge in [-0.25, -0.2) is 4.98 Å². The van der Waals surface area contributed by atoms with Crippen molar-refractivity contribution in [2.45, 2.75) is 13.5 Å². The lowest BCUT2D eigenvalue weighted by atomic mass is 10.3. The van der Waals surface area contributed by atoms with E-state index in [4.69, 9.17) is 0 Å². The molecule has 0 fully saturated rings. The summed E-state index contributed by atoms with van der Waals surface area (Å²) in [5, 5.41) is 3.84. The summed E-state index contributed by atoms with van der Waals surface area (Å²) in [4.78, 5) is 19.3. The Morgan fingerprint density at radius 2 is 2.00 bits per heavy atom. The highest BCUT2D eigenvalue weighted by Gasteiger charge is 2.15. The number of anilines is 1. The Labute approximate surface area is 117 Å². The monoisotopic (exact) mass is 275 g/mol. The molecule has 0 atom stereocenters. The molecule has 0 aliphatic rings.